The summed E-state index contributed by atoms with van der Waals surface area (Å²) in [5.41, 5.74) is 1.26. The average Bonchev–Trinajstić information content (AvgIpc) is 3.15. The van der Waals surface area contributed by atoms with Crippen LogP contribution in [0.2, 0.25) is 0 Å². The van der Waals surface area contributed by atoms with Crippen LogP contribution in [0.4, 0.5) is 0 Å². The van der Waals surface area contributed by atoms with E-state index in [2.05, 4.69) is 15.0 Å². The van der Waals surface area contributed by atoms with Crippen molar-refractivity contribution in [3.8, 4) is 0 Å². The maximum Gasteiger partial charge on any atom is 3.00 e. The largest absolute Gasteiger partial charge is 3.00 e. The summed E-state index contributed by atoms with van der Waals surface area (Å²) in [6.45, 7) is 6.73. The summed E-state index contributed by atoms with van der Waals surface area (Å²) in [4.78, 5) is 87.3. The minimum atomic E-state index is -1.24. The maximum atomic E-state index is 12.8. The van der Waals surface area contributed by atoms with Crippen molar-refractivity contribution in [3.05, 3.63) is 34.9 Å². The van der Waals surface area contributed by atoms with Gasteiger partial charge in [0.25, 0.3) is 17.7 Å². The quantitative estimate of drug-likeness (QED) is 0.0843. The van der Waals surface area contributed by atoms with Gasteiger partial charge in [-0.1, -0.05) is 16.7 Å². The van der Waals surface area contributed by atoms with Crippen LogP contribution in [0.25, 0.3) is 0 Å². The Morgan fingerprint density at radius 2 is 0.754 bits per heavy atom. The topological polar surface area (TPSA) is 307 Å². The van der Waals surface area contributed by atoms with Crippen LogP contribution in [0.15, 0.2) is 49.9 Å². The number of cyclic esters (lactones) is 3. The second kappa shape index (κ2) is 30.0. The van der Waals surface area contributed by atoms with Crippen molar-refractivity contribution in [2.75, 3.05) is 39.5 Å². The predicted octanol–water partition coefficient (Wildman–Crippen LogP) is 0.0722. The molecule has 0 fully saturated rings. The van der Waals surface area contributed by atoms with Crippen molar-refractivity contribution in [2.24, 2.45) is 15.0 Å². The van der Waals surface area contributed by atoms with Gasteiger partial charge in [-0.2, -0.15) is 0 Å². The molecule has 1 aliphatic rings. The van der Waals surface area contributed by atoms with E-state index in [-0.39, 0.29) is 114 Å². The molecule has 21 nitrogen and oxygen atoms in total. The second-order valence-electron chi connectivity index (χ2n) is 14.0. The van der Waals surface area contributed by atoms with Crippen molar-refractivity contribution >= 4 is 53.3 Å². The van der Waals surface area contributed by atoms with E-state index in [0.29, 0.717) is 31.9 Å². The number of ether oxygens (including phenoxy) is 3. The summed E-state index contributed by atoms with van der Waals surface area (Å²) in [6.07, 6.45) is 3.45. The molecule has 3 atom stereocenters. The Morgan fingerprint density at radius 3 is 0.967 bits per heavy atom. The van der Waals surface area contributed by atoms with Gasteiger partial charge in [-0.25, -0.2) is 29.6 Å². The molecule has 0 aromatic rings. The standard InChI is InChI=1S/C39H60N6O15.Fe/c1-25-13-19-58-37(52)31(40-28(4)46)11-8-17-44(56)35(50)23-27(3)15-21-60-39(54)33(42-30(6)48)12-9-18-45(57)36(51)24-26(2)14-20-59-38(53)32(41-29(5)47)10-7-16-43(55)34(49)22-25;/h22-24,31-33,55-57H,7-21H2,1-6H3,(H,40,46)(H,41,47)(H,42,48);/q;+3/p-3/b25-22-,26-24-,27-23-;. The van der Waals surface area contributed by atoms with Crippen LogP contribution >= 0.6 is 0 Å². The number of rotatable bonds is 3. The number of hydroxylamine groups is 6. The molecule has 3 amide bonds. The number of nitrogens with zero attached hydrogens (tertiary/aromatic N) is 6. The first-order valence-electron chi connectivity index (χ1n) is 19.4. The average molecular weight is 906 g/mol. The first-order valence-corrected chi connectivity index (χ1v) is 19.4. The fraction of sp³-hybridized carbons (Fsp3) is 0.615. The molecule has 3 N–H and O–H groups in total. The van der Waals surface area contributed by atoms with E-state index >= 15 is 0 Å². The molecular weight excluding hydrogens is 848 g/mol. The van der Waals surface area contributed by atoms with Crippen molar-refractivity contribution in [2.45, 2.75) is 117 Å². The number of hydrogen-bond donors (Lipinski definition) is 3. The number of carbonyl (C=O) groups is 6. The SMILES string of the molecule is CC([O-])=NC1CCCN(O)C(=O)/C=C(/C)CCOC(=O)C(N=C(C)[O-])CCCN(O)C(=O)/C=C(/C)CCOC(=O)C(N=C(C)[O-])CCCN(O)C(=O)/C=C(/C)CCOC1=O.[Fe+3]. The molecule has 0 aromatic heterocycles. The molecular formula is C39H57FeN6O15. The zero-order valence-electron chi connectivity index (χ0n) is 35.3. The van der Waals surface area contributed by atoms with E-state index < -0.39 is 71.4 Å². The zero-order valence-corrected chi connectivity index (χ0v) is 36.5. The third kappa shape index (κ3) is 24.6. The van der Waals surface area contributed by atoms with E-state index in [0.717, 1.165) is 39.0 Å². The number of hydrogen-bond acceptors (Lipinski definition) is 18. The van der Waals surface area contributed by atoms with Gasteiger partial charge in [-0.15, -0.1) is 0 Å². The van der Waals surface area contributed by atoms with E-state index in [1.165, 1.54) is 0 Å². The van der Waals surface area contributed by atoms with Gasteiger partial charge in [-0.05, 0) is 97.8 Å². The number of carbonyl (C=O) groups excluding carboxylic acids is 6. The fourth-order valence-electron chi connectivity index (χ4n) is 5.30. The minimum absolute atomic E-state index is 0. The van der Waals surface area contributed by atoms with Crippen LogP contribution in [0, 0.1) is 0 Å². The summed E-state index contributed by atoms with van der Waals surface area (Å²) in [5, 5.41) is 67.2. The van der Waals surface area contributed by atoms with Crippen LogP contribution in [-0.2, 0) is 60.0 Å². The van der Waals surface area contributed by atoms with Crippen LogP contribution < -0.4 is 15.3 Å². The molecule has 0 bridgehead atoms. The Labute approximate surface area is 365 Å². The molecule has 1 aliphatic heterocycles. The Morgan fingerprint density at radius 1 is 0.525 bits per heavy atom. The van der Waals surface area contributed by atoms with Crippen LogP contribution in [-0.4, -0.2) is 142 Å². The summed E-state index contributed by atoms with van der Waals surface area (Å²) in [7, 11) is 0. The molecule has 1 heterocycles. The van der Waals surface area contributed by atoms with Crippen LogP contribution in [0.1, 0.15) is 99.3 Å². The molecule has 1 rings (SSSR count). The Kier molecular flexibility index (Phi) is 27.4. The molecule has 3 unspecified atom stereocenters. The van der Waals surface area contributed by atoms with Crippen LogP contribution in [0.5, 0.6) is 0 Å². The normalized spacial score (nSPS) is 25.7. The first kappa shape index (κ1) is 55.8. The fourth-order valence-corrected chi connectivity index (χ4v) is 5.30. The summed E-state index contributed by atoms with van der Waals surface area (Å²) >= 11 is 0. The Hall–Kier alpha value is -5.15. The van der Waals surface area contributed by atoms with Crippen LogP contribution in [0.3, 0.4) is 0 Å². The number of esters is 3. The molecule has 22 heteroatoms. The van der Waals surface area contributed by atoms with Gasteiger partial charge >= 0.3 is 35.0 Å². The smallest absolute Gasteiger partial charge is 0.862 e. The summed E-state index contributed by atoms with van der Waals surface area (Å²) < 4.78 is 15.8. The van der Waals surface area contributed by atoms with E-state index in [1.807, 2.05) is 0 Å². The molecule has 0 saturated carbocycles. The monoisotopic (exact) mass is 905 g/mol. The van der Waals surface area contributed by atoms with E-state index in [9.17, 15) is 59.7 Å². The van der Waals surface area contributed by atoms with Gasteiger partial charge in [-0.3, -0.25) is 45.0 Å². The van der Waals surface area contributed by atoms with Gasteiger partial charge in [0.2, 0.25) is 0 Å². The van der Waals surface area contributed by atoms with Gasteiger partial charge < -0.3 is 29.5 Å². The summed E-state index contributed by atoms with van der Waals surface area (Å²) in [5.74, 6) is -6.94. The van der Waals surface area contributed by atoms with Gasteiger partial charge in [0, 0.05) is 57.1 Å². The van der Waals surface area contributed by atoms with Gasteiger partial charge in [0.1, 0.15) is 18.1 Å². The minimum Gasteiger partial charge on any atom is -0.862 e. The predicted molar refractivity (Wildman–Crippen MR) is 207 cm³/mol. The molecule has 0 spiro atoms. The third-order valence-electron chi connectivity index (χ3n) is 8.47. The van der Waals surface area contributed by atoms with Gasteiger partial charge in [0.15, 0.2) is 0 Å². The molecule has 0 saturated heterocycles. The summed E-state index contributed by atoms with van der Waals surface area (Å²) in [6, 6.07) is -3.72. The number of aliphatic imine (C=N–C) groups is 3. The van der Waals surface area contributed by atoms with Gasteiger partial charge in [0.05, 0.1) is 19.8 Å². The zero-order chi connectivity index (χ0) is 45.4. The van der Waals surface area contributed by atoms with Crippen molar-refractivity contribution in [1.29, 1.82) is 0 Å². The Balaban J connectivity index is 0.0000360. The molecule has 341 valence electrons. The van der Waals surface area contributed by atoms with E-state index in [1.54, 1.807) is 20.8 Å². The second-order valence-corrected chi connectivity index (χ2v) is 14.0. The van der Waals surface area contributed by atoms with E-state index in [4.69, 9.17) is 14.2 Å². The third-order valence-corrected chi connectivity index (χ3v) is 8.47. The molecule has 1 radical (unpaired) electrons. The number of amides is 3. The Bertz CT molecular complexity index is 1480. The molecule has 0 aliphatic carbocycles. The van der Waals surface area contributed by atoms with Crippen molar-refractivity contribution < 1.29 is 91.0 Å². The maximum absolute atomic E-state index is 12.8. The molecule has 61 heavy (non-hydrogen) atoms. The van der Waals surface area contributed by atoms with Crippen molar-refractivity contribution in [3.63, 3.8) is 0 Å². The first-order chi connectivity index (χ1) is 28.2. The molecule has 0 aromatic carbocycles. The van der Waals surface area contributed by atoms with Crippen molar-refractivity contribution in [1.82, 2.24) is 15.2 Å².